The van der Waals surface area contributed by atoms with Gasteiger partial charge in [0, 0.05) is 29.3 Å². The van der Waals surface area contributed by atoms with Gasteiger partial charge in [-0.1, -0.05) is 57.9 Å². The van der Waals surface area contributed by atoms with Gasteiger partial charge < -0.3 is 10.3 Å². The number of hydrogen-bond donors (Lipinski definition) is 2. The second-order valence-electron chi connectivity index (χ2n) is 7.87. The Bertz CT molecular complexity index is 680. The number of hydrogen-bond acceptors (Lipinski definition) is 1. The molecule has 1 aliphatic rings. The maximum atomic E-state index is 3.79. The lowest BCUT2D eigenvalue weighted by atomic mass is 9.80. The lowest BCUT2D eigenvalue weighted by Gasteiger charge is -2.30. The van der Waals surface area contributed by atoms with Gasteiger partial charge in [0.25, 0.3) is 0 Å². The third kappa shape index (κ3) is 4.23. The Hall–Kier alpha value is -1.70. The SMILES string of the molecule is CC(C)/C=C(/NCCc1c[nH]c2ccccc12)C1CCCC(C)C1. The van der Waals surface area contributed by atoms with Crippen LogP contribution in [-0.2, 0) is 6.42 Å². The summed E-state index contributed by atoms with van der Waals surface area (Å²) in [6, 6.07) is 8.59. The Morgan fingerprint density at radius 1 is 1.29 bits per heavy atom. The molecular weight excluding hydrogens is 292 g/mol. The molecule has 1 fully saturated rings. The second-order valence-corrected chi connectivity index (χ2v) is 7.87. The highest BCUT2D eigenvalue weighted by Gasteiger charge is 2.22. The zero-order chi connectivity index (χ0) is 16.9. The van der Waals surface area contributed by atoms with E-state index in [2.05, 4.69) is 67.6 Å². The minimum Gasteiger partial charge on any atom is -0.388 e. The summed E-state index contributed by atoms with van der Waals surface area (Å²) in [4.78, 5) is 3.39. The minimum absolute atomic E-state index is 0.609. The van der Waals surface area contributed by atoms with E-state index in [4.69, 9.17) is 0 Å². The van der Waals surface area contributed by atoms with Crippen molar-refractivity contribution in [3.63, 3.8) is 0 Å². The Labute approximate surface area is 146 Å². The van der Waals surface area contributed by atoms with Crippen LogP contribution in [0.15, 0.2) is 42.2 Å². The fourth-order valence-electron chi connectivity index (χ4n) is 4.10. The molecule has 2 nitrogen and oxygen atoms in total. The van der Waals surface area contributed by atoms with Crippen molar-refractivity contribution in [3.05, 3.63) is 47.8 Å². The summed E-state index contributed by atoms with van der Waals surface area (Å²) >= 11 is 0. The molecule has 130 valence electrons. The van der Waals surface area contributed by atoms with Crippen molar-refractivity contribution in [2.24, 2.45) is 17.8 Å². The van der Waals surface area contributed by atoms with Gasteiger partial charge in [0.2, 0.25) is 0 Å². The monoisotopic (exact) mass is 324 g/mol. The van der Waals surface area contributed by atoms with Crippen LogP contribution >= 0.6 is 0 Å². The average molecular weight is 325 g/mol. The number of H-pyrrole nitrogens is 1. The Kier molecular flexibility index (Phi) is 5.65. The molecule has 2 N–H and O–H groups in total. The number of nitrogens with one attached hydrogen (secondary N) is 2. The van der Waals surface area contributed by atoms with Crippen LogP contribution in [0.25, 0.3) is 10.9 Å². The number of rotatable bonds is 6. The van der Waals surface area contributed by atoms with Crippen molar-refractivity contribution in [3.8, 4) is 0 Å². The number of aromatic nitrogens is 1. The van der Waals surface area contributed by atoms with Crippen LogP contribution in [0, 0.1) is 17.8 Å². The number of para-hydroxylation sites is 1. The predicted molar refractivity (Wildman–Crippen MR) is 104 cm³/mol. The van der Waals surface area contributed by atoms with Crippen molar-refractivity contribution in [1.29, 1.82) is 0 Å². The Morgan fingerprint density at radius 3 is 2.92 bits per heavy atom. The van der Waals surface area contributed by atoms with Crippen LogP contribution < -0.4 is 5.32 Å². The summed E-state index contributed by atoms with van der Waals surface area (Å²) in [5.41, 5.74) is 4.15. The molecule has 0 amide bonds. The quantitative estimate of drug-likeness (QED) is 0.704. The van der Waals surface area contributed by atoms with Crippen LogP contribution in [0.3, 0.4) is 0 Å². The van der Waals surface area contributed by atoms with Gasteiger partial charge in [0.05, 0.1) is 0 Å². The molecular formula is C22H32N2. The summed E-state index contributed by atoms with van der Waals surface area (Å²) < 4.78 is 0. The van der Waals surface area contributed by atoms with Gasteiger partial charge in [-0.3, -0.25) is 0 Å². The first-order chi connectivity index (χ1) is 11.6. The van der Waals surface area contributed by atoms with Gasteiger partial charge in [-0.05, 0) is 48.6 Å². The topological polar surface area (TPSA) is 27.8 Å². The summed E-state index contributed by atoms with van der Waals surface area (Å²) in [5.74, 6) is 2.21. The molecule has 1 aliphatic carbocycles. The van der Waals surface area contributed by atoms with Crippen LogP contribution in [-0.4, -0.2) is 11.5 Å². The van der Waals surface area contributed by atoms with Gasteiger partial charge in [-0.25, -0.2) is 0 Å². The van der Waals surface area contributed by atoms with E-state index in [1.165, 1.54) is 47.8 Å². The summed E-state index contributed by atoms with van der Waals surface area (Å²) in [6.07, 6.45) is 11.2. The molecule has 1 saturated carbocycles. The molecule has 1 aromatic carbocycles. The first kappa shape index (κ1) is 17.1. The van der Waals surface area contributed by atoms with E-state index in [1.54, 1.807) is 0 Å². The van der Waals surface area contributed by atoms with Gasteiger partial charge in [0.1, 0.15) is 0 Å². The van der Waals surface area contributed by atoms with Crippen LogP contribution in [0.2, 0.25) is 0 Å². The number of fused-ring (bicyclic) bond motifs is 1. The normalized spacial score (nSPS) is 22.2. The third-order valence-corrected chi connectivity index (χ3v) is 5.29. The molecule has 0 radical (unpaired) electrons. The lowest BCUT2D eigenvalue weighted by molar-refractivity contribution is 0.303. The zero-order valence-corrected chi connectivity index (χ0v) is 15.4. The second kappa shape index (κ2) is 7.92. The van der Waals surface area contributed by atoms with E-state index in [1.807, 2.05) is 0 Å². The molecule has 0 saturated heterocycles. The molecule has 2 atom stereocenters. The highest BCUT2D eigenvalue weighted by atomic mass is 14.9. The van der Waals surface area contributed by atoms with E-state index >= 15 is 0 Å². The molecule has 3 rings (SSSR count). The summed E-state index contributed by atoms with van der Waals surface area (Å²) in [6.45, 7) is 8.00. The van der Waals surface area contributed by atoms with Crippen LogP contribution in [0.4, 0.5) is 0 Å². The van der Waals surface area contributed by atoms with Gasteiger partial charge >= 0.3 is 0 Å². The first-order valence-electron chi connectivity index (χ1n) is 9.64. The van der Waals surface area contributed by atoms with Gasteiger partial charge in [-0.15, -0.1) is 0 Å². The van der Waals surface area contributed by atoms with Crippen molar-refractivity contribution in [2.45, 2.75) is 52.9 Å². The minimum atomic E-state index is 0.609. The van der Waals surface area contributed by atoms with E-state index < -0.39 is 0 Å². The highest BCUT2D eigenvalue weighted by Crippen LogP contribution is 2.33. The summed E-state index contributed by atoms with van der Waals surface area (Å²) in [7, 11) is 0. The fraction of sp³-hybridized carbons (Fsp3) is 0.545. The lowest BCUT2D eigenvalue weighted by Crippen LogP contribution is -2.26. The molecule has 1 heterocycles. The maximum Gasteiger partial charge on any atom is 0.0456 e. The number of benzene rings is 1. The zero-order valence-electron chi connectivity index (χ0n) is 15.4. The highest BCUT2D eigenvalue weighted by molar-refractivity contribution is 5.83. The molecule has 2 aromatic rings. The molecule has 2 heteroatoms. The predicted octanol–water partition coefficient (Wildman–Crippen LogP) is 5.67. The van der Waals surface area contributed by atoms with E-state index in [-0.39, 0.29) is 0 Å². The molecule has 2 unspecified atom stereocenters. The van der Waals surface area contributed by atoms with Crippen LogP contribution in [0.5, 0.6) is 0 Å². The Balaban J connectivity index is 1.63. The third-order valence-electron chi connectivity index (χ3n) is 5.29. The average Bonchev–Trinajstić information content (AvgIpc) is 2.97. The largest absolute Gasteiger partial charge is 0.388 e. The van der Waals surface area contributed by atoms with Crippen molar-refractivity contribution in [1.82, 2.24) is 10.3 Å². The van der Waals surface area contributed by atoms with E-state index in [0.717, 1.165) is 24.8 Å². The number of aromatic amines is 1. The number of allylic oxidation sites excluding steroid dienone is 2. The Morgan fingerprint density at radius 2 is 2.12 bits per heavy atom. The van der Waals surface area contributed by atoms with Crippen LogP contribution in [0.1, 0.15) is 52.0 Å². The maximum absolute atomic E-state index is 3.79. The fourth-order valence-corrected chi connectivity index (χ4v) is 4.10. The van der Waals surface area contributed by atoms with E-state index in [9.17, 15) is 0 Å². The van der Waals surface area contributed by atoms with Crippen molar-refractivity contribution < 1.29 is 0 Å². The van der Waals surface area contributed by atoms with Crippen molar-refractivity contribution in [2.75, 3.05) is 6.54 Å². The molecule has 1 aromatic heterocycles. The molecule has 0 spiro atoms. The van der Waals surface area contributed by atoms with E-state index in [0.29, 0.717) is 5.92 Å². The van der Waals surface area contributed by atoms with Crippen molar-refractivity contribution >= 4 is 10.9 Å². The summed E-state index contributed by atoms with van der Waals surface area (Å²) in [5, 5.41) is 5.15. The molecule has 24 heavy (non-hydrogen) atoms. The van der Waals surface area contributed by atoms with Gasteiger partial charge in [0.15, 0.2) is 0 Å². The molecule has 0 aliphatic heterocycles. The molecule has 0 bridgehead atoms. The first-order valence-corrected chi connectivity index (χ1v) is 9.64. The van der Waals surface area contributed by atoms with Gasteiger partial charge in [-0.2, -0.15) is 0 Å². The smallest absolute Gasteiger partial charge is 0.0456 e. The standard InChI is InChI=1S/C22H32N2/c1-16(2)13-22(18-8-6-7-17(3)14-18)23-12-11-19-15-24-21-10-5-4-9-20(19)21/h4-5,9-10,13,15-18,23-24H,6-8,11-12,14H2,1-3H3/b22-13+.